The number of hydrogen-bond donors (Lipinski definition) is 0. The van der Waals surface area contributed by atoms with Crippen molar-refractivity contribution in [2.45, 2.75) is 44.9 Å². The van der Waals surface area contributed by atoms with Crippen LogP contribution in [0.2, 0.25) is 0 Å². The Balaban J connectivity index is 2.32. The van der Waals surface area contributed by atoms with Crippen molar-refractivity contribution in [3.63, 3.8) is 0 Å². The molecule has 0 aliphatic carbocycles. The van der Waals surface area contributed by atoms with Gasteiger partial charge in [-0.3, -0.25) is 4.21 Å². The Morgan fingerprint density at radius 3 is 2.31 bits per heavy atom. The van der Waals surface area contributed by atoms with Gasteiger partial charge in [-0.15, -0.1) is 0 Å². The molecule has 1 atom stereocenters. The smallest absolute Gasteiger partial charge is 0.0529 e. The highest BCUT2D eigenvalue weighted by Gasteiger charge is 2.03. The van der Waals surface area contributed by atoms with Crippen LogP contribution in [0.25, 0.3) is 0 Å². The zero-order chi connectivity index (χ0) is 12.0. The summed E-state index contributed by atoms with van der Waals surface area (Å²) in [6.45, 7) is 6.52. The highest BCUT2D eigenvalue weighted by atomic mass is 32.2. The van der Waals surface area contributed by atoms with E-state index >= 15 is 0 Å². The summed E-state index contributed by atoms with van der Waals surface area (Å²) < 4.78 is 11.9. The molecule has 1 aromatic rings. The molecule has 1 unspecified atom stereocenters. The lowest BCUT2D eigenvalue weighted by Gasteiger charge is -2.05. The summed E-state index contributed by atoms with van der Waals surface area (Å²) in [5, 5.41) is 0. The minimum atomic E-state index is -0.806. The molecule has 1 aromatic carbocycles. The first-order chi connectivity index (χ1) is 7.59. The third-order valence-corrected chi connectivity index (χ3v) is 4.10. The molecule has 0 aromatic heterocycles. The van der Waals surface area contributed by atoms with E-state index < -0.39 is 10.8 Å². The standard InChI is InChI=1S/C14H22OS/c1-12(2)6-4-5-11-16(15)14-9-7-13(3)8-10-14/h7-10,12H,4-6,11H2,1-3H3. The highest BCUT2D eigenvalue weighted by Crippen LogP contribution is 2.12. The molecule has 0 spiro atoms. The number of rotatable bonds is 6. The maximum atomic E-state index is 11.9. The summed E-state index contributed by atoms with van der Waals surface area (Å²) in [6, 6.07) is 8.02. The normalized spacial score (nSPS) is 13.0. The zero-order valence-electron chi connectivity index (χ0n) is 10.5. The van der Waals surface area contributed by atoms with E-state index in [4.69, 9.17) is 0 Å². The Kier molecular flexibility index (Phi) is 5.75. The van der Waals surface area contributed by atoms with Gasteiger partial charge in [0.2, 0.25) is 0 Å². The van der Waals surface area contributed by atoms with Gasteiger partial charge in [-0.2, -0.15) is 0 Å². The van der Waals surface area contributed by atoms with Crippen LogP contribution in [0.1, 0.15) is 38.7 Å². The van der Waals surface area contributed by atoms with Gasteiger partial charge in [0, 0.05) is 10.6 Å². The number of hydrogen-bond acceptors (Lipinski definition) is 1. The van der Waals surface area contributed by atoms with Crippen molar-refractivity contribution < 1.29 is 4.21 Å². The van der Waals surface area contributed by atoms with Gasteiger partial charge in [0.15, 0.2) is 0 Å². The molecule has 0 amide bonds. The van der Waals surface area contributed by atoms with Crippen LogP contribution in [-0.2, 0) is 10.8 Å². The molecule has 16 heavy (non-hydrogen) atoms. The van der Waals surface area contributed by atoms with Gasteiger partial charge in [0.1, 0.15) is 0 Å². The van der Waals surface area contributed by atoms with Gasteiger partial charge in [-0.05, 0) is 31.4 Å². The Hall–Kier alpha value is -0.630. The molecule has 0 bridgehead atoms. The predicted molar refractivity (Wildman–Crippen MR) is 71.1 cm³/mol. The van der Waals surface area contributed by atoms with Crippen molar-refractivity contribution in [1.82, 2.24) is 0 Å². The minimum Gasteiger partial charge on any atom is -0.254 e. The van der Waals surface area contributed by atoms with Crippen LogP contribution in [-0.4, -0.2) is 9.96 Å². The first-order valence-corrected chi connectivity index (χ1v) is 7.36. The Bertz CT molecular complexity index is 327. The molecule has 2 heteroatoms. The summed E-state index contributed by atoms with van der Waals surface area (Å²) in [5.41, 5.74) is 1.22. The Labute approximate surface area is 102 Å². The van der Waals surface area contributed by atoms with E-state index in [2.05, 4.69) is 20.8 Å². The van der Waals surface area contributed by atoms with Crippen molar-refractivity contribution in [2.24, 2.45) is 5.92 Å². The lowest BCUT2D eigenvalue weighted by molar-refractivity contribution is 0.550. The average Bonchev–Trinajstić information content (AvgIpc) is 2.25. The second-order valence-corrected chi connectivity index (χ2v) is 6.32. The fourth-order valence-electron chi connectivity index (χ4n) is 1.59. The van der Waals surface area contributed by atoms with E-state index in [0.717, 1.165) is 23.0 Å². The zero-order valence-corrected chi connectivity index (χ0v) is 11.3. The Morgan fingerprint density at radius 2 is 1.75 bits per heavy atom. The topological polar surface area (TPSA) is 17.1 Å². The fraction of sp³-hybridized carbons (Fsp3) is 0.571. The van der Waals surface area contributed by atoms with Crippen molar-refractivity contribution >= 4 is 10.8 Å². The summed E-state index contributed by atoms with van der Waals surface area (Å²) in [6.07, 6.45) is 3.50. The molecule has 0 radical (unpaired) electrons. The maximum Gasteiger partial charge on any atom is 0.0529 e. The molecule has 90 valence electrons. The van der Waals surface area contributed by atoms with E-state index in [0.29, 0.717) is 0 Å². The molecule has 0 saturated heterocycles. The number of benzene rings is 1. The third kappa shape index (κ3) is 4.93. The molecule has 0 saturated carbocycles. The second kappa shape index (κ2) is 6.85. The average molecular weight is 238 g/mol. The Morgan fingerprint density at radius 1 is 1.12 bits per heavy atom. The van der Waals surface area contributed by atoms with Gasteiger partial charge < -0.3 is 0 Å². The third-order valence-electron chi connectivity index (χ3n) is 2.65. The van der Waals surface area contributed by atoms with E-state index in [1.54, 1.807) is 0 Å². The SMILES string of the molecule is Cc1ccc(S(=O)CCCCC(C)C)cc1. The second-order valence-electron chi connectivity index (χ2n) is 4.75. The molecule has 1 rings (SSSR count). The monoisotopic (exact) mass is 238 g/mol. The van der Waals surface area contributed by atoms with E-state index in [1.165, 1.54) is 18.4 Å². The minimum absolute atomic E-state index is 0.757. The quantitative estimate of drug-likeness (QED) is 0.686. The highest BCUT2D eigenvalue weighted by molar-refractivity contribution is 7.85. The van der Waals surface area contributed by atoms with E-state index in [9.17, 15) is 4.21 Å². The number of aryl methyl sites for hydroxylation is 1. The van der Waals surface area contributed by atoms with Crippen LogP contribution in [0.4, 0.5) is 0 Å². The summed E-state index contributed by atoms with van der Waals surface area (Å²) >= 11 is 0. The van der Waals surface area contributed by atoms with Crippen molar-refractivity contribution in [3.8, 4) is 0 Å². The van der Waals surface area contributed by atoms with Gasteiger partial charge >= 0.3 is 0 Å². The van der Waals surface area contributed by atoms with Crippen LogP contribution < -0.4 is 0 Å². The number of unbranched alkanes of at least 4 members (excludes halogenated alkanes) is 1. The first kappa shape index (κ1) is 13.4. The lowest BCUT2D eigenvalue weighted by atomic mass is 10.1. The molecule has 0 heterocycles. The molecule has 0 fully saturated rings. The van der Waals surface area contributed by atoms with Crippen molar-refractivity contribution in [2.75, 3.05) is 5.75 Å². The lowest BCUT2D eigenvalue weighted by Crippen LogP contribution is -1.99. The van der Waals surface area contributed by atoms with Crippen LogP contribution in [0.5, 0.6) is 0 Å². The molecule has 0 N–H and O–H groups in total. The van der Waals surface area contributed by atoms with Crippen molar-refractivity contribution in [3.05, 3.63) is 29.8 Å². The fourth-order valence-corrected chi connectivity index (χ4v) is 2.74. The molecule has 0 aliphatic heterocycles. The molecular formula is C14H22OS. The molecule has 1 nitrogen and oxygen atoms in total. The van der Waals surface area contributed by atoms with Gasteiger partial charge in [0.25, 0.3) is 0 Å². The van der Waals surface area contributed by atoms with Crippen LogP contribution >= 0.6 is 0 Å². The van der Waals surface area contributed by atoms with Gasteiger partial charge in [-0.1, -0.05) is 44.4 Å². The van der Waals surface area contributed by atoms with Gasteiger partial charge in [-0.25, -0.2) is 0 Å². The van der Waals surface area contributed by atoms with Crippen LogP contribution in [0.3, 0.4) is 0 Å². The first-order valence-electron chi connectivity index (χ1n) is 6.04. The van der Waals surface area contributed by atoms with Crippen LogP contribution in [0.15, 0.2) is 29.2 Å². The van der Waals surface area contributed by atoms with Crippen LogP contribution in [0, 0.1) is 12.8 Å². The predicted octanol–water partition coefficient (Wildman–Crippen LogP) is 3.93. The van der Waals surface area contributed by atoms with E-state index in [-0.39, 0.29) is 0 Å². The molecule has 0 aliphatic rings. The summed E-state index contributed by atoms with van der Waals surface area (Å²) in [5.74, 6) is 1.56. The van der Waals surface area contributed by atoms with Gasteiger partial charge in [0.05, 0.1) is 10.8 Å². The molecular weight excluding hydrogens is 216 g/mol. The van der Waals surface area contributed by atoms with Crippen molar-refractivity contribution in [1.29, 1.82) is 0 Å². The summed E-state index contributed by atoms with van der Waals surface area (Å²) in [7, 11) is -0.806. The maximum absolute atomic E-state index is 11.9. The largest absolute Gasteiger partial charge is 0.254 e. The van der Waals surface area contributed by atoms with E-state index in [1.807, 2.05) is 24.3 Å². The summed E-state index contributed by atoms with van der Waals surface area (Å²) in [4.78, 5) is 0.968.